The van der Waals surface area contributed by atoms with Gasteiger partial charge >= 0.3 is 0 Å². The zero-order valence-corrected chi connectivity index (χ0v) is 13.7. The quantitative estimate of drug-likeness (QED) is 0.895. The fourth-order valence-electron chi connectivity index (χ4n) is 2.71. The number of carbonyl (C=O) groups excluding carboxylic acids is 1. The molecule has 1 aromatic carbocycles. The summed E-state index contributed by atoms with van der Waals surface area (Å²) in [6.07, 6.45) is 4.04. The molecule has 4 heteroatoms. The first-order valence-corrected chi connectivity index (χ1v) is 8.15. The molecular formula is C16H23BrN2O. The third-order valence-corrected chi connectivity index (χ3v) is 4.57. The molecule has 0 radical (unpaired) electrons. The van der Waals surface area contributed by atoms with Gasteiger partial charge in [-0.15, -0.1) is 0 Å². The van der Waals surface area contributed by atoms with E-state index in [2.05, 4.69) is 21.2 Å². The van der Waals surface area contributed by atoms with Crippen LogP contribution >= 0.6 is 15.9 Å². The second-order valence-electron chi connectivity index (χ2n) is 5.52. The number of piperidine rings is 1. The van der Waals surface area contributed by atoms with Gasteiger partial charge in [0.15, 0.2) is 0 Å². The Morgan fingerprint density at radius 2 is 1.95 bits per heavy atom. The number of halogens is 1. The Morgan fingerprint density at radius 3 is 2.55 bits per heavy atom. The summed E-state index contributed by atoms with van der Waals surface area (Å²) >= 11 is 3.41. The lowest BCUT2D eigenvalue weighted by Crippen LogP contribution is -2.39. The van der Waals surface area contributed by atoms with E-state index >= 15 is 0 Å². The maximum atomic E-state index is 12.3. The van der Waals surface area contributed by atoms with Gasteiger partial charge in [-0.3, -0.25) is 4.79 Å². The second-order valence-corrected chi connectivity index (χ2v) is 6.44. The molecule has 0 saturated carbocycles. The summed E-state index contributed by atoms with van der Waals surface area (Å²) in [4.78, 5) is 14.3. The molecule has 1 N–H and O–H groups in total. The second kappa shape index (κ2) is 7.79. The predicted molar refractivity (Wildman–Crippen MR) is 85.7 cm³/mol. The van der Waals surface area contributed by atoms with E-state index in [1.54, 1.807) is 0 Å². The Labute approximate surface area is 129 Å². The van der Waals surface area contributed by atoms with Gasteiger partial charge in [-0.2, -0.15) is 0 Å². The lowest BCUT2D eigenvalue weighted by atomic mass is 9.93. The van der Waals surface area contributed by atoms with Crippen molar-refractivity contribution in [3.05, 3.63) is 34.3 Å². The average molecular weight is 339 g/mol. The molecule has 0 aromatic heterocycles. The van der Waals surface area contributed by atoms with Gasteiger partial charge in [0.05, 0.1) is 6.42 Å². The van der Waals surface area contributed by atoms with Crippen LogP contribution in [0.3, 0.4) is 0 Å². The number of likely N-dealkylation sites (tertiary alicyclic amines) is 1. The van der Waals surface area contributed by atoms with Gasteiger partial charge in [0.25, 0.3) is 0 Å². The van der Waals surface area contributed by atoms with E-state index in [9.17, 15) is 4.79 Å². The summed E-state index contributed by atoms with van der Waals surface area (Å²) in [6, 6.07) is 8.02. The molecule has 0 atom stereocenters. The van der Waals surface area contributed by atoms with Gasteiger partial charge in [0, 0.05) is 17.6 Å². The van der Waals surface area contributed by atoms with Crippen LogP contribution in [0.2, 0.25) is 0 Å². The van der Waals surface area contributed by atoms with Crippen LogP contribution in [-0.2, 0) is 11.2 Å². The first-order valence-electron chi connectivity index (χ1n) is 7.36. The van der Waals surface area contributed by atoms with Gasteiger partial charge < -0.3 is 10.2 Å². The van der Waals surface area contributed by atoms with E-state index in [1.807, 2.05) is 36.2 Å². The number of benzene rings is 1. The van der Waals surface area contributed by atoms with Gasteiger partial charge in [-0.1, -0.05) is 28.1 Å². The molecule has 0 spiro atoms. The summed E-state index contributed by atoms with van der Waals surface area (Å²) in [5.41, 5.74) is 1.09. The maximum absolute atomic E-state index is 12.3. The van der Waals surface area contributed by atoms with Crippen molar-refractivity contribution in [2.75, 3.05) is 26.7 Å². The molecule has 0 unspecified atom stereocenters. The standard InChI is InChI=1S/C16H23BrN2O/c1-18-9-6-13-7-10-19(11-8-13)16(20)12-14-2-4-15(17)5-3-14/h2-5,13,18H,6-12H2,1H3. The fourth-order valence-corrected chi connectivity index (χ4v) is 2.97. The molecule has 1 aliphatic heterocycles. The van der Waals surface area contributed by atoms with Gasteiger partial charge in [-0.25, -0.2) is 0 Å². The van der Waals surface area contributed by atoms with Gasteiger partial charge in [-0.05, 0) is 56.5 Å². The largest absolute Gasteiger partial charge is 0.342 e. The summed E-state index contributed by atoms with van der Waals surface area (Å²) in [6.45, 7) is 2.92. The number of amides is 1. The van der Waals surface area contributed by atoms with Crippen LogP contribution in [0.25, 0.3) is 0 Å². The first-order chi connectivity index (χ1) is 9.69. The normalized spacial score (nSPS) is 16.4. The molecule has 1 amide bonds. The molecule has 2 rings (SSSR count). The first kappa shape index (κ1) is 15.5. The molecule has 1 aromatic rings. The van der Waals surface area contributed by atoms with E-state index in [-0.39, 0.29) is 5.91 Å². The highest BCUT2D eigenvalue weighted by Gasteiger charge is 2.22. The third kappa shape index (κ3) is 4.60. The minimum absolute atomic E-state index is 0.263. The van der Waals surface area contributed by atoms with Crippen molar-refractivity contribution < 1.29 is 4.79 Å². The summed E-state index contributed by atoms with van der Waals surface area (Å²) in [5.74, 6) is 1.04. The van der Waals surface area contributed by atoms with E-state index in [0.29, 0.717) is 6.42 Å². The highest BCUT2D eigenvalue weighted by molar-refractivity contribution is 9.10. The van der Waals surface area contributed by atoms with E-state index in [0.717, 1.165) is 48.4 Å². The molecule has 1 aliphatic rings. The van der Waals surface area contributed by atoms with Crippen LogP contribution < -0.4 is 5.32 Å². The van der Waals surface area contributed by atoms with Crippen molar-refractivity contribution in [3.63, 3.8) is 0 Å². The summed E-state index contributed by atoms with van der Waals surface area (Å²) in [7, 11) is 2.00. The van der Waals surface area contributed by atoms with E-state index in [1.165, 1.54) is 6.42 Å². The maximum Gasteiger partial charge on any atom is 0.226 e. The number of nitrogens with one attached hydrogen (secondary N) is 1. The molecule has 0 aliphatic carbocycles. The molecule has 3 nitrogen and oxygen atoms in total. The average Bonchev–Trinajstić information content (AvgIpc) is 2.48. The van der Waals surface area contributed by atoms with Gasteiger partial charge in [0.1, 0.15) is 0 Å². The highest BCUT2D eigenvalue weighted by atomic mass is 79.9. The topological polar surface area (TPSA) is 32.3 Å². The number of carbonyl (C=O) groups is 1. The van der Waals surface area contributed by atoms with Crippen molar-refractivity contribution in [3.8, 4) is 0 Å². The number of nitrogens with zero attached hydrogens (tertiary/aromatic N) is 1. The van der Waals surface area contributed by atoms with E-state index in [4.69, 9.17) is 0 Å². The monoisotopic (exact) mass is 338 g/mol. The molecule has 1 saturated heterocycles. The molecular weight excluding hydrogens is 316 g/mol. The summed E-state index contributed by atoms with van der Waals surface area (Å²) in [5, 5.41) is 3.20. The Kier molecular flexibility index (Phi) is 6.05. The molecule has 1 fully saturated rings. The van der Waals surface area contributed by atoms with Crippen molar-refractivity contribution >= 4 is 21.8 Å². The number of hydrogen-bond donors (Lipinski definition) is 1. The predicted octanol–water partition coefficient (Wildman–Crippen LogP) is 2.84. The fraction of sp³-hybridized carbons (Fsp3) is 0.562. The molecule has 0 bridgehead atoms. The zero-order chi connectivity index (χ0) is 14.4. The van der Waals surface area contributed by atoms with Crippen LogP contribution in [0.4, 0.5) is 0 Å². The highest BCUT2D eigenvalue weighted by Crippen LogP contribution is 2.21. The smallest absolute Gasteiger partial charge is 0.226 e. The Morgan fingerprint density at radius 1 is 1.30 bits per heavy atom. The molecule has 110 valence electrons. The van der Waals surface area contributed by atoms with Gasteiger partial charge in [0.2, 0.25) is 5.91 Å². The van der Waals surface area contributed by atoms with Crippen molar-refractivity contribution in [2.24, 2.45) is 5.92 Å². The molecule has 20 heavy (non-hydrogen) atoms. The van der Waals surface area contributed by atoms with Crippen LogP contribution in [0.15, 0.2) is 28.7 Å². The van der Waals surface area contributed by atoms with Crippen LogP contribution in [0.5, 0.6) is 0 Å². The van der Waals surface area contributed by atoms with Crippen molar-refractivity contribution in [2.45, 2.75) is 25.7 Å². The lowest BCUT2D eigenvalue weighted by molar-refractivity contribution is -0.131. The van der Waals surface area contributed by atoms with Crippen LogP contribution in [0, 0.1) is 5.92 Å². The SMILES string of the molecule is CNCCC1CCN(C(=O)Cc2ccc(Br)cc2)CC1. The Hall–Kier alpha value is -0.870. The van der Waals surface area contributed by atoms with Crippen molar-refractivity contribution in [1.82, 2.24) is 10.2 Å². The lowest BCUT2D eigenvalue weighted by Gasteiger charge is -2.32. The minimum atomic E-state index is 0.263. The van der Waals surface area contributed by atoms with Crippen molar-refractivity contribution in [1.29, 1.82) is 0 Å². The molecule has 1 heterocycles. The van der Waals surface area contributed by atoms with Crippen LogP contribution in [0.1, 0.15) is 24.8 Å². The third-order valence-electron chi connectivity index (χ3n) is 4.04. The van der Waals surface area contributed by atoms with Crippen LogP contribution in [-0.4, -0.2) is 37.5 Å². The Balaban J connectivity index is 1.78. The van der Waals surface area contributed by atoms with E-state index < -0.39 is 0 Å². The zero-order valence-electron chi connectivity index (χ0n) is 12.1. The Bertz CT molecular complexity index is 425. The number of hydrogen-bond acceptors (Lipinski definition) is 2. The summed E-state index contributed by atoms with van der Waals surface area (Å²) < 4.78 is 1.05. The minimum Gasteiger partial charge on any atom is -0.342 e. The number of rotatable bonds is 5.